The first kappa shape index (κ1) is 14.8. The Bertz CT molecular complexity index is 608. The van der Waals surface area contributed by atoms with Crippen LogP contribution in [0.1, 0.15) is 23.9 Å². The third-order valence-electron chi connectivity index (χ3n) is 3.91. The van der Waals surface area contributed by atoms with E-state index in [-0.39, 0.29) is 0 Å². The lowest BCUT2D eigenvalue weighted by Gasteiger charge is -2.28. The number of nitrogens with zero attached hydrogens (tertiary/aromatic N) is 3. The largest absolute Gasteiger partial charge is 0.333 e. The van der Waals surface area contributed by atoms with Crippen LogP contribution in [-0.4, -0.2) is 27.5 Å². The molecule has 112 valence electrons. The van der Waals surface area contributed by atoms with Crippen LogP contribution in [0.5, 0.6) is 0 Å². The lowest BCUT2D eigenvalue weighted by molar-refractivity contribution is 0.208. The van der Waals surface area contributed by atoms with Gasteiger partial charge in [0.15, 0.2) is 0 Å². The Balaban J connectivity index is 1.65. The molecule has 0 radical (unpaired) electrons. The molecule has 3 rings (SSSR count). The van der Waals surface area contributed by atoms with Crippen LogP contribution in [0.4, 0.5) is 0 Å². The van der Waals surface area contributed by atoms with Gasteiger partial charge in [-0.1, -0.05) is 35.0 Å². The molecule has 2 heterocycles. The second-order valence-corrected chi connectivity index (χ2v) is 6.31. The van der Waals surface area contributed by atoms with Gasteiger partial charge in [0.05, 0.1) is 6.54 Å². The highest BCUT2D eigenvalue weighted by Gasteiger charge is 2.17. The molecule has 5 heteroatoms. The summed E-state index contributed by atoms with van der Waals surface area (Å²) >= 11 is 3.71. The van der Waals surface area contributed by atoms with Crippen LogP contribution in [0.3, 0.4) is 0 Å². The molecule has 1 aromatic heterocycles. The van der Waals surface area contributed by atoms with Crippen LogP contribution >= 0.6 is 15.9 Å². The first-order chi connectivity index (χ1) is 10.3. The van der Waals surface area contributed by atoms with Gasteiger partial charge in [-0.3, -0.25) is 4.90 Å². The standard InChI is InChI=1S/C16H21BrN4/c1-2-18-10-13-3-4-14(15(17)9-13)11-20-7-8-21-6-5-19-16(21)12-20/h3-6,9,18H,2,7-8,10-12H2,1H3. The smallest absolute Gasteiger partial charge is 0.122 e. The van der Waals surface area contributed by atoms with Crippen molar-refractivity contribution in [2.45, 2.75) is 33.1 Å². The zero-order chi connectivity index (χ0) is 14.7. The van der Waals surface area contributed by atoms with Gasteiger partial charge in [0, 0.05) is 43.0 Å². The van der Waals surface area contributed by atoms with E-state index in [1.54, 1.807) is 0 Å². The quantitative estimate of drug-likeness (QED) is 0.901. The maximum absolute atomic E-state index is 4.42. The number of benzene rings is 1. The van der Waals surface area contributed by atoms with Crippen molar-refractivity contribution >= 4 is 15.9 Å². The normalized spacial score (nSPS) is 15.1. The van der Waals surface area contributed by atoms with Gasteiger partial charge in [0.25, 0.3) is 0 Å². The predicted octanol–water partition coefficient (Wildman–Crippen LogP) is 2.77. The van der Waals surface area contributed by atoms with Crippen molar-refractivity contribution in [2.24, 2.45) is 0 Å². The van der Waals surface area contributed by atoms with E-state index in [0.717, 1.165) is 39.3 Å². The van der Waals surface area contributed by atoms with Crippen molar-refractivity contribution in [3.05, 3.63) is 52.0 Å². The van der Waals surface area contributed by atoms with E-state index in [0.29, 0.717) is 0 Å². The van der Waals surface area contributed by atoms with E-state index < -0.39 is 0 Å². The molecule has 1 aliphatic rings. The van der Waals surface area contributed by atoms with Crippen molar-refractivity contribution in [3.63, 3.8) is 0 Å². The highest BCUT2D eigenvalue weighted by atomic mass is 79.9. The van der Waals surface area contributed by atoms with E-state index in [9.17, 15) is 0 Å². The summed E-state index contributed by atoms with van der Waals surface area (Å²) in [5, 5.41) is 3.36. The van der Waals surface area contributed by atoms with Crippen LogP contribution in [0.2, 0.25) is 0 Å². The van der Waals surface area contributed by atoms with Crippen molar-refractivity contribution in [3.8, 4) is 0 Å². The minimum absolute atomic E-state index is 0.927. The number of hydrogen-bond donors (Lipinski definition) is 1. The molecule has 21 heavy (non-hydrogen) atoms. The number of aromatic nitrogens is 2. The molecule has 0 amide bonds. The average Bonchev–Trinajstić information content (AvgIpc) is 2.95. The molecule has 0 atom stereocenters. The predicted molar refractivity (Wildman–Crippen MR) is 87.9 cm³/mol. The zero-order valence-electron chi connectivity index (χ0n) is 12.3. The van der Waals surface area contributed by atoms with Crippen LogP contribution in [0.15, 0.2) is 35.1 Å². The molecule has 1 aliphatic heterocycles. The van der Waals surface area contributed by atoms with E-state index >= 15 is 0 Å². The summed E-state index contributed by atoms with van der Waals surface area (Å²) in [6, 6.07) is 6.67. The maximum Gasteiger partial charge on any atom is 0.122 e. The maximum atomic E-state index is 4.42. The summed E-state index contributed by atoms with van der Waals surface area (Å²) in [4.78, 5) is 6.87. The van der Waals surface area contributed by atoms with Crippen molar-refractivity contribution < 1.29 is 0 Å². The summed E-state index contributed by atoms with van der Waals surface area (Å²) in [5.41, 5.74) is 2.66. The van der Waals surface area contributed by atoms with E-state index in [4.69, 9.17) is 0 Å². The third kappa shape index (κ3) is 3.54. The lowest BCUT2D eigenvalue weighted by atomic mass is 10.1. The fraction of sp³-hybridized carbons (Fsp3) is 0.438. The van der Waals surface area contributed by atoms with Gasteiger partial charge in [-0.25, -0.2) is 4.98 Å². The number of hydrogen-bond acceptors (Lipinski definition) is 3. The van der Waals surface area contributed by atoms with Gasteiger partial charge in [0.2, 0.25) is 0 Å². The monoisotopic (exact) mass is 348 g/mol. The fourth-order valence-corrected chi connectivity index (χ4v) is 3.25. The van der Waals surface area contributed by atoms with Crippen LogP contribution in [-0.2, 0) is 26.2 Å². The second kappa shape index (κ2) is 6.73. The van der Waals surface area contributed by atoms with Gasteiger partial charge in [-0.05, 0) is 23.7 Å². The van der Waals surface area contributed by atoms with E-state index in [2.05, 4.69) is 67.0 Å². The minimum atomic E-state index is 0.927. The molecule has 0 saturated heterocycles. The number of halogens is 1. The van der Waals surface area contributed by atoms with Crippen LogP contribution in [0, 0.1) is 0 Å². The SMILES string of the molecule is CCNCc1ccc(CN2CCn3ccnc3C2)c(Br)c1. The Labute approximate surface area is 134 Å². The number of fused-ring (bicyclic) bond motifs is 1. The Morgan fingerprint density at radius 3 is 3.05 bits per heavy atom. The van der Waals surface area contributed by atoms with Crippen molar-refractivity contribution in [1.82, 2.24) is 19.8 Å². The molecule has 0 unspecified atom stereocenters. The highest BCUT2D eigenvalue weighted by Crippen LogP contribution is 2.22. The summed E-state index contributed by atoms with van der Waals surface area (Å²) in [6.07, 6.45) is 3.96. The number of nitrogens with one attached hydrogen (secondary N) is 1. The van der Waals surface area contributed by atoms with Crippen LogP contribution < -0.4 is 5.32 Å². The summed E-state index contributed by atoms with van der Waals surface area (Å²) in [7, 11) is 0. The molecule has 4 nitrogen and oxygen atoms in total. The van der Waals surface area contributed by atoms with Crippen LogP contribution in [0.25, 0.3) is 0 Å². The van der Waals surface area contributed by atoms with Gasteiger partial charge in [0.1, 0.15) is 5.82 Å². The molecule has 0 fully saturated rings. The Morgan fingerprint density at radius 1 is 1.33 bits per heavy atom. The summed E-state index contributed by atoms with van der Waals surface area (Å²) in [6.45, 7) is 8.06. The Morgan fingerprint density at radius 2 is 2.24 bits per heavy atom. The summed E-state index contributed by atoms with van der Waals surface area (Å²) in [5.74, 6) is 1.17. The molecule has 1 N–H and O–H groups in total. The molecule has 1 aromatic carbocycles. The second-order valence-electron chi connectivity index (χ2n) is 5.45. The molecule has 0 spiro atoms. The first-order valence-corrected chi connectivity index (χ1v) is 8.26. The fourth-order valence-electron chi connectivity index (χ4n) is 2.70. The Hall–Kier alpha value is -1.17. The van der Waals surface area contributed by atoms with Gasteiger partial charge in [-0.15, -0.1) is 0 Å². The molecule has 2 aromatic rings. The van der Waals surface area contributed by atoms with Crippen molar-refractivity contribution in [1.29, 1.82) is 0 Å². The zero-order valence-corrected chi connectivity index (χ0v) is 13.9. The first-order valence-electron chi connectivity index (χ1n) is 7.46. The number of rotatable bonds is 5. The van der Waals surface area contributed by atoms with Crippen molar-refractivity contribution in [2.75, 3.05) is 13.1 Å². The molecule has 0 bridgehead atoms. The van der Waals surface area contributed by atoms with E-state index in [1.165, 1.54) is 21.4 Å². The molecular formula is C16H21BrN4. The van der Waals surface area contributed by atoms with Gasteiger partial charge >= 0.3 is 0 Å². The van der Waals surface area contributed by atoms with Gasteiger partial charge < -0.3 is 9.88 Å². The molecular weight excluding hydrogens is 328 g/mol. The summed E-state index contributed by atoms with van der Waals surface area (Å²) < 4.78 is 3.44. The topological polar surface area (TPSA) is 33.1 Å². The average molecular weight is 349 g/mol. The lowest BCUT2D eigenvalue weighted by Crippen LogP contribution is -2.33. The number of imidazole rings is 1. The van der Waals surface area contributed by atoms with Gasteiger partial charge in [-0.2, -0.15) is 0 Å². The third-order valence-corrected chi connectivity index (χ3v) is 4.65. The molecule has 0 saturated carbocycles. The Kier molecular flexibility index (Phi) is 4.73. The minimum Gasteiger partial charge on any atom is -0.333 e. The van der Waals surface area contributed by atoms with E-state index in [1.807, 2.05) is 6.20 Å². The molecule has 0 aliphatic carbocycles. The highest BCUT2D eigenvalue weighted by molar-refractivity contribution is 9.10.